The van der Waals surface area contributed by atoms with Crippen molar-refractivity contribution in [2.75, 3.05) is 0 Å². The fourth-order valence-corrected chi connectivity index (χ4v) is 3.77. The molecule has 1 rings (SSSR count). The van der Waals surface area contributed by atoms with E-state index in [0.29, 0.717) is 24.3 Å². The Bertz CT molecular complexity index is 607. The maximum absolute atomic E-state index is 12.2. The first-order valence-electron chi connectivity index (χ1n) is 12.6. The van der Waals surface area contributed by atoms with Crippen LogP contribution in [0.3, 0.4) is 0 Å². The van der Waals surface area contributed by atoms with E-state index in [4.69, 9.17) is 9.47 Å². The Hall–Kier alpha value is -1.84. The maximum Gasteiger partial charge on any atom is 0.311 e. The molecule has 176 valence electrons. The molecule has 0 unspecified atom stereocenters. The van der Waals surface area contributed by atoms with E-state index in [0.717, 1.165) is 38.0 Å². The molecule has 4 nitrogen and oxygen atoms in total. The van der Waals surface area contributed by atoms with Crippen LogP contribution in [0.4, 0.5) is 0 Å². The van der Waals surface area contributed by atoms with E-state index in [-0.39, 0.29) is 11.9 Å². The highest BCUT2D eigenvalue weighted by Crippen LogP contribution is 2.28. The minimum Gasteiger partial charge on any atom is -0.423 e. The summed E-state index contributed by atoms with van der Waals surface area (Å²) in [6.07, 6.45) is 15.6. The number of carbonyl (C=O) groups is 2. The Morgan fingerprint density at radius 2 is 1.13 bits per heavy atom. The van der Waals surface area contributed by atoms with Crippen LogP contribution in [0.5, 0.6) is 11.5 Å². The van der Waals surface area contributed by atoms with Gasteiger partial charge >= 0.3 is 11.9 Å². The second-order valence-electron chi connectivity index (χ2n) is 8.55. The van der Waals surface area contributed by atoms with Crippen molar-refractivity contribution in [3.63, 3.8) is 0 Å². The van der Waals surface area contributed by atoms with Crippen molar-refractivity contribution in [3.05, 3.63) is 24.3 Å². The lowest BCUT2D eigenvalue weighted by Gasteiger charge is -2.12. The van der Waals surface area contributed by atoms with Crippen molar-refractivity contribution in [2.45, 2.75) is 117 Å². The van der Waals surface area contributed by atoms with Gasteiger partial charge in [0, 0.05) is 12.8 Å². The maximum atomic E-state index is 12.2. The zero-order valence-corrected chi connectivity index (χ0v) is 20.1. The molecule has 0 aliphatic carbocycles. The summed E-state index contributed by atoms with van der Waals surface area (Å²) in [6, 6.07) is 6.93. The van der Waals surface area contributed by atoms with Gasteiger partial charge in [0.1, 0.15) is 0 Å². The summed E-state index contributed by atoms with van der Waals surface area (Å²) >= 11 is 0. The van der Waals surface area contributed by atoms with E-state index in [1.54, 1.807) is 24.3 Å². The number of ether oxygens (including phenoxy) is 2. The van der Waals surface area contributed by atoms with Gasteiger partial charge in [-0.3, -0.25) is 9.59 Å². The quantitative estimate of drug-likeness (QED) is 0.134. The number of para-hydroxylation sites is 2. The highest BCUT2D eigenvalue weighted by Gasteiger charge is 2.13. The van der Waals surface area contributed by atoms with Crippen LogP contribution in [0.1, 0.15) is 117 Å². The first kappa shape index (κ1) is 27.2. The third-order valence-electron chi connectivity index (χ3n) is 5.93. The summed E-state index contributed by atoms with van der Waals surface area (Å²) in [5.41, 5.74) is 0. The number of rotatable bonds is 18. The van der Waals surface area contributed by atoms with Crippen molar-refractivity contribution >= 4 is 11.9 Å². The predicted octanol–water partition coefficient (Wildman–Crippen LogP) is 8.02. The van der Waals surface area contributed by atoms with E-state index >= 15 is 0 Å². The van der Waals surface area contributed by atoms with Crippen molar-refractivity contribution in [1.29, 1.82) is 0 Å². The molecule has 1 aromatic carbocycles. The number of benzene rings is 1. The van der Waals surface area contributed by atoms with Crippen LogP contribution in [-0.2, 0) is 9.59 Å². The normalized spacial score (nSPS) is 11.0. The lowest BCUT2D eigenvalue weighted by molar-refractivity contribution is -0.137. The van der Waals surface area contributed by atoms with Crippen LogP contribution in [0.15, 0.2) is 24.3 Å². The minimum atomic E-state index is -0.266. The molecule has 0 aliphatic heterocycles. The Morgan fingerprint density at radius 1 is 0.677 bits per heavy atom. The molecule has 0 fully saturated rings. The van der Waals surface area contributed by atoms with Crippen LogP contribution in [-0.4, -0.2) is 11.9 Å². The van der Waals surface area contributed by atoms with Gasteiger partial charge in [-0.25, -0.2) is 0 Å². The van der Waals surface area contributed by atoms with Gasteiger partial charge in [-0.1, -0.05) is 104 Å². The predicted molar refractivity (Wildman–Crippen MR) is 127 cm³/mol. The second kappa shape index (κ2) is 17.8. The van der Waals surface area contributed by atoms with Crippen LogP contribution in [0.25, 0.3) is 0 Å². The molecule has 0 aromatic heterocycles. The number of unbranched alkanes of at least 4 members (excludes halogenated alkanes) is 8. The zero-order valence-electron chi connectivity index (χ0n) is 20.1. The summed E-state index contributed by atoms with van der Waals surface area (Å²) in [4.78, 5) is 24.4. The standard InChI is InChI=1S/C27H44O4/c1-4-7-8-9-10-11-14-21-26(28)30-24-19-16-17-20-25(24)31-27(29)22-15-12-13-18-23(5-2)6-3/h16-17,19-20,23H,4-15,18,21-22H2,1-3H3. The SMILES string of the molecule is CCCCCCCCCC(=O)Oc1ccccc1OC(=O)CCCCCC(CC)CC. The van der Waals surface area contributed by atoms with Gasteiger partial charge in [0.05, 0.1) is 0 Å². The Balaban J connectivity index is 2.30. The average molecular weight is 433 g/mol. The Labute approximate surface area is 190 Å². The molecule has 0 atom stereocenters. The van der Waals surface area contributed by atoms with Gasteiger partial charge in [0.2, 0.25) is 0 Å². The number of hydrogen-bond acceptors (Lipinski definition) is 4. The summed E-state index contributed by atoms with van der Waals surface area (Å²) < 4.78 is 11.0. The van der Waals surface area contributed by atoms with Gasteiger partial charge in [-0.05, 0) is 30.9 Å². The second-order valence-corrected chi connectivity index (χ2v) is 8.55. The molecule has 4 heteroatoms. The van der Waals surface area contributed by atoms with Crippen LogP contribution < -0.4 is 9.47 Å². The molecule has 0 saturated heterocycles. The molecule has 0 bridgehead atoms. The van der Waals surface area contributed by atoms with Gasteiger partial charge in [0.25, 0.3) is 0 Å². The van der Waals surface area contributed by atoms with Crippen LogP contribution in [0, 0.1) is 5.92 Å². The largest absolute Gasteiger partial charge is 0.423 e. The van der Waals surface area contributed by atoms with Gasteiger partial charge in [0.15, 0.2) is 11.5 Å². The van der Waals surface area contributed by atoms with E-state index < -0.39 is 0 Å². The molecule has 1 aromatic rings. The monoisotopic (exact) mass is 432 g/mol. The van der Waals surface area contributed by atoms with Crippen molar-refractivity contribution in [1.82, 2.24) is 0 Å². The Kier molecular flexibility index (Phi) is 15.6. The molecule has 0 saturated carbocycles. The van der Waals surface area contributed by atoms with Crippen molar-refractivity contribution in [2.24, 2.45) is 5.92 Å². The molecule has 0 N–H and O–H groups in total. The highest BCUT2D eigenvalue weighted by molar-refractivity contribution is 5.76. The number of carbonyl (C=O) groups excluding carboxylic acids is 2. The number of hydrogen-bond donors (Lipinski definition) is 0. The van der Waals surface area contributed by atoms with Gasteiger partial charge in [-0.15, -0.1) is 0 Å². The van der Waals surface area contributed by atoms with E-state index in [9.17, 15) is 9.59 Å². The third-order valence-corrected chi connectivity index (χ3v) is 5.93. The van der Waals surface area contributed by atoms with Crippen molar-refractivity contribution < 1.29 is 19.1 Å². The first-order valence-corrected chi connectivity index (χ1v) is 12.6. The molecule has 0 heterocycles. The molecule has 0 radical (unpaired) electrons. The lowest BCUT2D eigenvalue weighted by atomic mass is 9.96. The molecular formula is C27H44O4. The number of esters is 2. The molecule has 0 aliphatic rings. The molecule has 0 spiro atoms. The van der Waals surface area contributed by atoms with E-state index in [2.05, 4.69) is 20.8 Å². The average Bonchev–Trinajstić information content (AvgIpc) is 2.77. The highest BCUT2D eigenvalue weighted by atomic mass is 16.6. The fraction of sp³-hybridized carbons (Fsp3) is 0.704. The smallest absolute Gasteiger partial charge is 0.311 e. The summed E-state index contributed by atoms with van der Waals surface area (Å²) in [6.45, 7) is 6.69. The Morgan fingerprint density at radius 3 is 1.61 bits per heavy atom. The summed E-state index contributed by atoms with van der Waals surface area (Å²) in [7, 11) is 0. The zero-order chi connectivity index (χ0) is 22.7. The first-order chi connectivity index (χ1) is 15.1. The summed E-state index contributed by atoms with van der Waals surface area (Å²) in [5.74, 6) is 0.932. The minimum absolute atomic E-state index is 0.265. The van der Waals surface area contributed by atoms with Crippen molar-refractivity contribution in [3.8, 4) is 11.5 Å². The molecule has 0 amide bonds. The van der Waals surface area contributed by atoms with Gasteiger partial charge in [-0.2, -0.15) is 0 Å². The molecule has 31 heavy (non-hydrogen) atoms. The summed E-state index contributed by atoms with van der Waals surface area (Å²) in [5, 5.41) is 0. The molecular weight excluding hydrogens is 388 g/mol. The van der Waals surface area contributed by atoms with E-state index in [1.165, 1.54) is 51.4 Å². The third kappa shape index (κ3) is 13.2. The van der Waals surface area contributed by atoms with Crippen LogP contribution >= 0.6 is 0 Å². The fourth-order valence-electron chi connectivity index (χ4n) is 3.77. The lowest BCUT2D eigenvalue weighted by Crippen LogP contribution is -2.12. The topological polar surface area (TPSA) is 52.6 Å². The van der Waals surface area contributed by atoms with Gasteiger partial charge < -0.3 is 9.47 Å². The van der Waals surface area contributed by atoms with E-state index in [1.807, 2.05) is 0 Å². The van der Waals surface area contributed by atoms with Crippen LogP contribution in [0.2, 0.25) is 0 Å².